The van der Waals surface area contributed by atoms with Crippen LogP contribution < -0.4 is 0 Å². The van der Waals surface area contributed by atoms with Crippen LogP contribution in [0.4, 0.5) is 0 Å². The maximum atomic E-state index is 6.73. The number of furan rings is 1. The standard InChI is InChI=1S/C48H28N4O/c1-2-15-30(16-3-1)51-40-23-11-7-18-32(40)36-27-37-33-19-8-12-24-41(33)52(43(37)28-42(36)51)48-49-39-22-10-6-20-34(39)46(50-48)38-26-29-14-4-5-17-31(29)45-35-21-9-13-25-44(35)53-47(38)45/h1-28H. The topological polar surface area (TPSA) is 48.8 Å². The first-order valence-electron chi connectivity index (χ1n) is 17.9. The van der Waals surface area contributed by atoms with Crippen LogP contribution in [0.2, 0.25) is 0 Å². The Morgan fingerprint density at radius 1 is 0.415 bits per heavy atom. The molecule has 0 saturated heterocycles. The highest BCUT2D eigenvalue weighted by Gasteiger charge is 2.23. The van der Waals surface area contributed by atoms with Gasteiger partial charge in [0.25, 0.3) is 0 Å². The van der Waals surface area contributed by atoms with E-state index in [2.05, 4.69) is 161 Å². The summed E-state index contributed by atoms with van der Waals surface area (Å²) in [5.74, 6) is 0.615. The lowest BCUT2D eigenvalue weighted by Crippen LogP contribution is -2.03. The summed E-state index contributed by atoms with van der Waals surface area (Å²) >= 11 is 0. The van der Waals surface area contributed by atoms with Gasteiger partial charge in [0, 0.05) is 49.0 Å². The lowest BCUT2D eigenvalue weighted by atomic mass is 9.97. The van der Waals surface area contributed by atoms with Gasteiger partial charge in [-0.1, -0.05) is 115 Å². The van der Waals surface area contributed by atoms with Gasteiger partial charge in [-0.3, -0.25) is 4.57 Å². The molecule has 53 heavy (non-hydrogen) atoms. The first kappa shape index (κ1) is 28.5. The number of para-hydroxylation sites is 5. The molecule has 0 saturated carbocycles. The average Bonchev–Trinajstić information content (AvgIpc) is 3.87. The maximum Gasteiger partial charge on any atom is 0.235 e. The number of nitrogens with zero attached hydrogens (tertiary/aromatic N) is 4. The van der Waals surface area contributed by atoms with Gasteiger partial charge < -0.3 is 8.98 Å². The molecule has 4 heterocycles. The van der Waals surface area contributed by atoms with Crippen LogP contribution in [0.5, 0.6) is 0 Å². The van der Waals surface area contributed by atoms with E-state index in [1.165, 1.54) is 16.3 Å². The van der Waals surface area contributed by atoms with Crippen molar-refractivity contribution >= 4 is 87.2 Å². The first-order chi connectivity index (χ1) is 26.3. The Labute approximate surface area is 302 Å². The molecule has 0 fully saturated rings. The molecule has 12 aromatic rings. The first-order valence-corrected chi connectivity index (χ1v) is 17.9. The molecule has 0 bridgehead atoms. The Balaban J connectivity index is 1.22. The van der Waals surface area contributed by atoms with Crippen LogP contribution in [0.3, 0.4) is 0 Å². The normalized spacial score (nSPS) is 12.2. The van der Waals surface area contributed by atoms with Crippen LogP contribution in [0.15, 0.2) is 174 Å². The van der Waals surface area contributed by atoms with Crippen molar-refractivity contribution in [2.24, 2.45) is 0 Å². The van der Waals surface area contributed by atoms with E-state index in [-0.39, 0.29) is 0 Å². The summed E-state index contributed by atoms with van der Waals surface area (Å²) in [7, 11) is 0. The second-order valence-corrected chi connectivity index (χ2v) is 13.8. The van der Waals surface area contributed by atoms with Gasteiger partial charge in [-0.25, -0.2) is 9.97 Å². The highest BCUT2D eigenvalue weighted by atomic mass is 16.3. The molecule has 0 N–H and O–H groups in total. The van der Waals surface area contributed by atoms with Crippen molar-refractivity contribution in [2.45, 2.75) is 0 Å². The van der Waals surface area contributed by atoms with Gasteiger partial charge in [-0.05, 0) is 65.4 Å². The molecular formula is C48H28N4O. The molecule has 0 spiro atoms. The molecule has 0 aliphatic carbocycles. The summed E-state index contributed by atoms with van der Waals surface area (Å²) in [6, 6.07) is 59.9. The molecule has 0 atom stereocenters. The fourth-order valence-electron chi connectivity index (χ4n) is 8.62. The summed E-state index contributed by atoms with van der Waals surface area (Å²) < 4.78 is 11.3. The number of benzene rings is 8. The fourth-order valence-corrected chi connectivity index (χ4v) is 8.62. The van der Waals surface area contributed by atoms with E-state index in [4.69, 9.17) is 14.4 Å². The summed E-state index contributed by atoms with van der Waals surface area (Å²) in [6.45, 7) is 0. The van der Waals surface area contributed by atoms with Gasteiger partial charge in [-0.2, -0.15) is 0 Å². The molecule has 0 radical (unpaired) electrons. The lowest BCUT2D eigenvalue weighted by Gasteiger charge is -2.13. The number of rotatable bonds is 3. The Kier molecular flexibility index (Phi) is 5.71. The molecule has 0 aliphatic rings. The average molecular weight is 677 g/mol. The molecule has 0 amide bonds. The van der Waals surface area contributed by atoms with Crippen molar-refractivity contribution in [1.29, 1.82) is 0 Å². The molecule has 8 aromatic carbocycles. The summed E-state index contributed by atoms with van der Waals surface area (Å²) in [5.41, 5.74) is 9.88. The van der Waals surface area contributed by atoms with Gasteiger partial charge in [0.05, 0.1) is 33.3 Å². The number of fused-ring (bicyclic) bond motifs is 12. The van der Waals surface area contributed by atoms with Crippen molar-refractivity contribution in [2.75, 3.05) is 0 Å². The van der Waals surface area contributed by atoms with Crippen molar-refractivity contribution in [1.82, 2.24) is 19.1 Å². The Morgan fingerprint density at radius 3 is 1.81 bits per heavy atom. The summed E-state index contributed by atoms with van der Waals surface area (Å²) in [4.78, 5) is 10.8. The van der Waals surface area contributed by atoms with E-state index in [1.807, 2.05) is 18.2 Å². The molecule has 12 rings (SSSR count). The molecular weight excluding hydrogens is 649 g/mol. The minimum Gasteiger partial charge on any atom is -0.455 e. The van der Waals surface area contributed by atoms with E-state index < -0.39 is 0 Å². The van der Waals surface area contributed by atoms with Crippen LogP contribution in [0.25, 0.3) is 110 Å². The van der Waals surface area contributed by atoms with Gasteiger partial charge in [0.15, 0.2) is 0 Å². The number of hydrogen-bond acceptors (Lipinski definition) is 3. The Morgan fingerprint density at radius 2 is 1.02 bits per heavy atom. The third-order valence-corrected chi connectivity index (χ3v) is 10.9. The van der Waals surface area contributed by atoms with Gasteiger partial charge in [-0.15, -0.1) is 0 Å². The van der Waals surface area contributed by atoms with E-state index in [0.29, 0.717) is 5.95 Å². The Hall–Kier alpha value is -7.24. The van der Waals surface area contributed by atoms with Crippen LogP contribution >= 0.6 is 0 Å². The van der Waals surface area contributed by atoms with Crippen LogP contribution in [0, 0.1) is 0 Å². The fraction of sp³-hybridized carbons (Fsp3) is 0. The molecule has 0 aliphatic heterocycles. The van der Waals surface area contributed by atoms with Crippen LogP contribution in [0.1, 0.15) is 0 Å². The quantitative estimate of drug-likeness (QED) is 0.187. The van der Waals surface area contributed by atoms with Crippen LogP contribution in [-0.4, -0.2) is 19.1 Å². The van der Waals surface area contributed by atoms with E-state index in [9.17, 15) is 0 Å². The van der Waals surface area contributed by atoms with E-state index in [1.54, 1.807) is 0 Å². The van der Waals surface area contributed by atoms with Crippen molar-refractivity contribution in [3.8, 4) is 22.9 Å². The highest BCUT2D eigenvalue weighted by Crippen LogP contribution is 2.43. The predicted molar refractivity (Wildman–Crippen MR) is 218 cm³/mol. The van der Waals surface area contributed by atoms with Gasteiger partial charge in [0.1, 0.15) is 11.2 Å². The van der Waals surface area contributed by atoms with Gasteiger partial charge >= 0.3 is 0 Å². The minimum atomic E-state index is 0.615. The third-order valence-electron chi connectivity index (χ3n) is 10.9. The lowest BCUT2D eigenvalue weighted by molar-refractivity contribution is 0.670. The number of aromatic nitrogens is 4. The zero-order valence-corrected chi connectivity index (χ0v) is 28.4. The zero-order valence-electron chi connectivity index (χ0n) is 28.4. The van der Waals surface area contributed by atoms with Crippen LogP contribution in [-0.2, 0) is 0 Å². The highest BCUT2D eigenvalue weighted by molar-refractivity contribution is 6.23. The monoisotopic (exact) mass is 676 g/mol. The second kappa shape index (κ2) is 10.6. The largest absolute Gasteiger partial charge is 0.455 e. The molecule has 0 unspecified atom stereocenters. The van der Waals surface area contributed by atoms with E-state index >= 15 is 0 Å². The minimum absolute atomic E-state index is 0.615. The summed E-state index contributed by atoms with van der Waals surface area (Å²) in [5, 5.41) is 10.2. The molecule has 246 valence electrons. The Bertz CT molecular complexity index is 3460. The number of hydrogen-bond donors (Lipinski definition) is 0. The van der Waals surface area contributed by atoms with Crippen molar-refractivity contribution in [3.05, 3.63) is 170 Å². The molecule has 4 aromatic heterocycles. The third kappa shape index (κ3) is 3.96. The van der Waals surface area contributed by atoms with Crippen molar-refractivity contribution in [3.63, 3.8) is 0 Å². The molecule has 5 nitrogen and oxygen atoms in total. The molecule has 5 heteroatoms. The smallest absolute Gasteiger partial charge is 0.235 e. The SMILES string of the molecule is c1ccc(-n2c3ccccc3c3cc4c5ccccc5n(-c5nc(-c6cc7ccccc7c7c6oc6ccccc67)c6ccccc6n5)c4cc32)cc1. The second-order valence-electron chi connectivity index (χ2n) is 13.8. The maximum absolute atomic E-state index is 6.73. The zero-order chi connectivity index (χ0) is 34.6. The van der Waals surface area contributed by atoms with Gasteiger partial charge in [0.2, 0.25) is 5.95 Å². The van der Waals surface area contributed by atoms with Crippen molar-refractivity contribution < 1.29 is 4.42 Å². The summed E-state index contributed by atoms with van der Waals surface area (Å²) in [6.07, 6.45) is 0. The van der Waals surface area contributed by atoms with E-state index in [0.717, 1.165) is 87.9 Å². The predicted octanol–water partition coefficient (Wildman–Crippen LogP) is 12.5.